The van der Waals surface area contributed by atoms with E-state index in [2.05, 4.69) is 20.5 Å². The molecule has 9 nitrogen and oxygen atoms in total. The van der Waals surface area contributed by atoms with Crippen LogP contribution in [0.4, 0.5) is 19.1 Å². The van der Waals surface area contributed by atoms with Crippen molar-refractivity contribution in [2.45, 2.75) is 12.7 Å². The summed E-state index contributed by atoms with van der Waals surface area (Å²) in [6, 6.07) is 9.62. The first kappa shape index (κ1) is 19.1. The molecule has 2 N–H and O–H groups in total. The summed E-state index contributed by atoms with van der Waals surface area (Å²) in [5, 5.41) is 11.1. The number of ether oxygens (including phenoxy) is 1. The zero-order chi connectivity index (χ0) is 20.3. The lowest BCUT2D eigenvalue weighted by Crippen LogP contribution is -2.29. The maximum absolute atomic E-state index is 12.5. The first-order valence-corrected chi connectivity index (χ1v) is 7.78. The Morgan fingerprint density at radius 2 is 2.07 bits per heavy atom. The highest BCUT2D eigenvalue weighted by atomic mass is 19.4. The summed E-state index contributed by atoms with van der Waals surface area (Å²) >= 11 is 0. The van der Waals surface area contributed by atoms with E-state index in [0.717, 1.165) is 4.68 Å². The van der Waals surface area contributed by atoms with Gasteiger partial charge in [0.05, 0.1) is 12.8 Å². The molecule has 3 aromatic rings. The SMILES string of the molecule is COc1cccc(-c2ccc(=O)n(CC(=O)Nc3n[nH]c(C(F)(F)F)n3)n2)c1. The molecule has 3 rings (SSSR count). The van der Waals surface area contributed by atoms with Crippen LogP contribution in [0.15, 0.2) is 41.2 Å². The Labute approximate surface area is 155 Å². The minimum absolute atomic E-state index is 0.406. The third-order valence-electron chi connectivity index (χ3n) is 3.53. The summed E-state index contributed by atoms with van der Waals surface area (Å²) < 4.78 is 43.5. The van der Waals surface area contributed by atoms with Gasteiger partial charge in [0.2, 0.25) is 17.7 Å². The van der Waals surface area contributed by atoms with Crippen LogP contribution in [0.25, 0.3) is 11.3 Å². The molecule has 146 valence electrons. The Morgan fingerprint density at radius 1 is 1.29 bits per heavy atom. The molecule has 2 aromatic heterocycles. The molecule has 0 spiro atoms. The highest BCUT2D eigenvalue weighted by molar-refractivity contribution is 5.88. The standard InChI is InChI=1S/C16H13F3N6O3/c1-28-10-4-2-3-9(7-10)11-5-6-13(27)25(24-11)8-12(26)20-15-21-14(22-23-15)16(17,18)19/h2-7H,8H2,1H3,(H2,20,21,22,23,26). The van der Waals surface area contributed by atoms with Gasteiger partial charge in [0.15, 0.2) is 0 Å². The van der Waals surface area contributed by atoms with Crippen LogP contribution in [0.1, 0.15) is 5.82 Å². The van der Waals surface area contributed by atoms with E-state index < -0.39 is 36.0 Å². The number of hydrogen-bond acceptors (Lipinski definition) is 6. The van der Waals surface area contributed by atoms with Gasteiger partial charge in [0, 0.05) is 11.6 Å². The lowest BCUT2D eigenvalue weighted by Gasteiger charge is -2.08. The van der Waals surface area contributed by atoms with Crippen LogP contribution in [-0.2, 0) is 17.5 Å². The Balaban J connectivity index is 1.77. The zero-order valence-electron chi connectivity index (χ0n) is 14.3. The van der Waals surface area contributed by atoms with Gasteiger partial charge in [-0.3, -0.25) is 20.0 Å². The number of benzene rings is 1. The molecule has 0 aliphatic carbocycles. The van der Waals surface area contributed by atoms with E-state index in [-0.39, 0.29) is 0 Å². The van der Waals surface area contributed by atoms with Crippen molar-refractivity contribution in [1.29, 1.82) is 0 Å². The van der Waals surface area contributed by atoms with Gasteiger partial charge in [-0.2, -0.15) is 23.3 Å². The van der Waals surface area contributed by atoms with Gasteiger partial charge in [-0.1, -0.05) is 12.1 Å². The van der Waals surface area contributed by atoms with E-state index in [9.17, 15) is 22.8 Å². The lowest BCUT2D eigenvalue weighted by molar-refractivity contribution is -0.144. The van der Waals surface area contributed by atoms with Crippen molar-refractivity contribution in [2.75, 3.05) is 12.4 Å². The van der Waals surface area contributed by atoms with E-state index in [1.807, 2.05) is 0 Å². The number of nitrogens with one attached hydrogen (secondary N) is 2. The summed E-state index contributed by atoms with van der Waals surface area (Å²) in [6.45, 7) is -0.535. The number of aromatic nitrogens is 5. The molecule has 28 heavy (non-hydrogen) atoms. The number of carbonyl (C=O) groups is 1. The van der Waals surface area contributed by atoms with Crippen molar-refractivity contribution < 1.29 is 22.7 Å². The second-order valence-corrected chi connectivity index (χ2v) is 5.50. The highest BCUT2D eigenvalue weighted by Crippen LogP contribution is 2.26. The van der Waals surface area contributed by atoms with Gasteiger partial charge in [-0.05, 0) is 18.2 Å². The second kappa shape index (κ2) is 7.50. The van der Waals surface area contributed by atoms with Crippen molar-refractivity contribution in [3.05, 3.63) is 52.6 Å². The number of methoxy groups -OCH3 is 1. The minimum Gasteiger partial charge on any atom is -0.497 e. The van der Waals surface area contributed by atoms with Crippen molar-refractivity contribution in [1.82, 2.24) is 25.0 Å². The fourth-order valence-electron chi connectivity index (χ4n) is 2.24. The number of anilines is 1. The fraction of sp³-hybridized carbons (Fsp3) is 0.188. The average molecular weight is 394 g/mol. The van der Waals surface area contributed by atoms with Gasteiger partial charge >= 0.3 is 6.18 Å². The molecule has 0 aliphatic rings. The summed E-state index contributed by atoms with van der Waals surface area (Å²) in [5.41, 5.74) is 0.494. The number of carbonyl (C=O) groups excluding carboxylic acids is 1. The lowest BCUT2D eigenvalue weighted by atomic mass is 10.1. The summed E-state index contributed by atoms with van der Waals surface area (Å²) in [5.74, 6) is -2.14. The zero-order valence-corrected chi connectivity index (χ0v) is 14.3. The normalized spacial score (nSPS) is 11.3. The molecule has 0 aliphatic heterocycles. The summed E-state index contributed by atoms with van der Waals surface area (Å²) in [7, 11) is 1.51. The number of H-pyrrole nitrogens is 1. The Morgan fingerprint density at radius 3 is 2.75 bits per heavy atom. The molecule has 12 heteroatoms. The van der Waals surface area contributed by atoms with Crippen LogP contribution in [-0.4, -0.2) is 38.0 Å². The van der Waals surface area contributed by atoms with Crippen molar-refractivity contribution in [3.8, 4) is 17.0 Å². The molecular weight excluding hydrogens is 381 g/mol. The van der Waals surface area contributed by atoms with Crippen LogP contribution in [0.3, 0.4) is 0 Å². The maximum Gasteiger partial charge on any atom is 0.451 e. The number of alkyl halides is 3. The fourth-order valence-corrected chi connectivity index (χ4v) is 2.24. The Kier molecular flexibility index (Phi) is 5.11. The van der Waals surface area contributed by atoms with Crippen molar-refractivity contribution in [3.63, 3.8) is 0 Å². The Hall–Kier alpha value is -3.70. The maximum atomic E-state index is 12.5. The third-order valence-corrected chi connectivity index (χ3v) is 3.53. The molecule has 0 atom stereocenters. The number of hydrogen-bond donors (Lipinski definition) is 2. The molecule has 0 fully saturated rings. The number of amides is 1. The smallest absolute Gasteiger partial charge is 0.451 e. The molecule has 0 bridgehead atoms. The topological polar surface area (TPSA) is 115 Å². The van der Waals surface area contributed by atoms with E-state index in [1.165, 1.54) is 19.2 Å². The molecule has 2 heterocycles. The molecule has 0 unspecified atom stereocenters. The third kappa shape index (κ3) is 4.34. The van der Waals surface area contributed by atoms with Gasteiger partial charge in [0.25, 0.3) is 5.56 Å². The molecule has 1 aromatic carbocycles. The first-order chi connectivity index (χ1) is 13.3. The van der Waals surface area contributed by atoms with Gasteiger partial charge in [-0.15, -0.1) is 5.10 Å². The van der Waals surface area contributed by atoms with Crippen LogP contribution in [0.5, 0.6) is 5.75 Å². The predicted molar refractivity (Wildman–Crippen MR) is 90.5 cm³/mol. The summed E-state index contributed by atoms with van der Waals surface area (Å²) in [4.78, 5) is 27.1. The van der Waals surface area contributed by atoms with Crippen molar-refractivity contribution in [2.24, 2.45) is 0 Å². The van der Waals surface area contributed by atoms with E-state index in [0.29, 0.717) is 17.0 Å². The number of rotatable bonds is 5. The van der Waals surface area contributed by atoms with Crippen LogP contribution >= 0.6 is 0 Å². The van der Waals surface area contributed by atoms with Crippen LogP contribution in [0.2, 0.25) is 0 Å². The van der Waals surface area contributed by atoms with E-state index >= 15 is 0 Å². The molecule has 1 amide bonds. The van der Waals surface area contributed by atoms with Gasteiger partial charge < -0.3 is 4.74 Å². The van der Waals surface area contributed by atoms with Crippen LogP contribution < -0.4 is 15.6 Å². The minimum atomic E-state index is -4.72. The number of halogens is 3. The number of nitrogens with zero attached hydrogens (tertiary/aromatic N) is 4. The monoisotopic (exact) mass is 394 g/mol. The average Bonchev–Trinajstić information content (AvgIpc) is 3.12. The Bertz CT molecular complexity index is 1060. The molecule has 0 radical (unpaired) electrons. The van der Waals surface area contributed by atoms with Crippen molar-refractivity contribution >= 4 is 11.9 Å². The largest absolute Gasteiger partial charge is 0.497 e. The molecule has 0 saturated carbocycles. The number of aromatic amines is 1. The van der Waals surface area contributed by atoms with Gasteiger partial charge in [-0.25, -0.2) is 4.68 Å². The van der Waals surface area contributed by atoms with Crippen LogP contribution in [0, 0.1) is 0 Å². The van der Waals surface area contributed by atoms with Gasteiger partial charge in [0.1, 0.15) is 12.3 Å². The predicted octanol–water partition coefficient (Wildman–Crippen LogP) is 1.69. The molecule has 0 saturated heterocycles. The quantitative estimate of drug-likeness (QED) is 0.681. The first-order valence-electron chi connectivity index (χ1n) is 7.78. The molecular formula is C16H13F3N6O3. The van der Waals surface area contributed by atoms with E-state index in [4.69, 9.17) is 4.74 Å². The second-order valence-electron chi connectivity index (χ2n) is 5.50. The highest BCUT2D eigenvalue weighted by Gasteiger charge is 2.35. The summed E-state index contributed by atoms with van der Waals surface area (Å²) in [6.07, 6.45) is -4.72. The van der Waals surface area contributed by atoms with E-state index in [1.54, 1.807) is 29.4 Å².